The van der Waals surface area contributed by atoms with Crippen LogP contribution in [-0.2, 0) is 0 Å². The summed E-state index contributed by atoms with van der Waals surface area (Å²) in [5.74, 6) is 2.96. The first-order valence-electron chi connectivity index (χ1n) is 8.74. The molecule has 5 heteroatoms. The van der Waals surface area contributed by atoms with E-state index in [1.54, 1.807) is 0 Å². The number of para-hydroxylation sites is 2. The summed E-state index contributed by atoms with van der Waals surface area (Å²) in [6.07, 6.45) is 0. The van der Waals surface area contributed by atoms with Crippen LogP contribution in [0.15, 0.2) is 48.5 Å². The van der Waals surface area contributed by atoms with Crippen LogP contribution in [0.1, 0.15) is 23.9 Å². The SMILES string of the molecule is CCOc1ccccc1Nc1cc(Nc2ccc(C)c(C)c2)nc(C)n1. The standard InChI is InChI=1S/C21H24N4O/c1-5-26-19-9-7-6-8-18(19)25-21-13-20(22-16(4)23-21)24-17-11-10-14(2)15(3)12-17/h6-13H,5H2,1-4H3,(H2,22,23,24,25). The number of anilines is 4. The summed E-state index contributed by atoms with van der Waals surface area (Å²) < 4.78 is 5.67. The molecule has 1 heterocycles. The van der Waals surface area contributed by atoms with E-state index in [9.17, 15) is 0 Å². The number of rotatable bonds is 6. The molecule has 2 aromatic carbocycles. The molecule has 0 unspecified atom stereocenters. The van der Waals surface area contributed by atoms with Crippen LogP contribution < -0.4 is 15.4 Å². The molecule has 2 N–H and O–H groups in total. The van der Waals surface area contributed by atoms with E-state index >= 15 is 0 Å². The minimum Gasteiger partial charge on any atom is -0.492 e. The molecule has 0 spiro atoms. The fourth-order valence-electron chi connectivity index (χ4n) is 2.65. The van der Waals surface area contributed by atoms with Gasteiger partial charge in [0.2, 0.25) is 0 Å². The number of aromatic nitrogens is 2. The van der Waals surface area contributed by atoms with Gasteiger partial charge in [0, 0.05) is 11.8 Å². The van der Waals surface area contributed by atoms with Gasteiger partial charge in [-0.3, -0.25) is 0 Å². The first-order chi connectivity index (χ1) is 12.5. The normalized spacial score (nSPS) is 10.5. The maximum atomic E-state index is 5.67. The summed E-state index contributed by atoms with van der Waals surface area (Å²) in [7, 11) is 0. The summed E-state index contributed by atoms with van der Waals surface area (Å²) in [5, 5.41) is 6.69. The van der Waals surface area contributed by atoms with Crippen molar-refractivity contribution in [3.63, 3.8) is 0 Å². The summed E-state index contributed by atoms with van der Waals surface area (Å²) in [4.78, 5) is 8.97. The zero-order valence-corrected chi connectivity index (χ0v) is 15.6. The van der Waals surface area contributed by atoms with Crippen molar-refractivity contribution in [2.45, 2.75) is 27.7 Å². The van der Waals surface area contributed by atoms with Crippen molar-refractivity contribution in [3.8, 4) is 5.75 Å². The summed E-state index contributed by atoms with van der Waals surface area (Å²) in [6, 6.07) is 16.0. The lowest BCUT2D eigenvalue weighted by atomic mass is 10.1. The molecule has 0 saturated heterocycles. The van der Waals surface area contributed by atoms with Gasteiger partial charge in [0.05, 0.1) is 12.3 Å². The lowest BCUT2D eigenvalue weighted by molar-refractivity contribution is 0.342. The number of benzene rings is 2. The fourth-order valence-corrected chi connectivity index (χ4v) is 2.65. The monoisotopic (exact) mass is 348 g/mol. The van der Waals surface area contributed by atoms with Gasteiger partial charge >= 0.3 is 0 Å². The maximum absolute atomic E-state index is 5.67. The first kappa shape index (κ1) is 17.7. The number of hydrogen-bond donors (Lipinski definition) is 2. The Balaban J connectivity index is 1.85. The molecule has 0 aliphatic heterocycles. The highest BCUT2D eigenvalue weighted by atomic mass is 16.5. The number of nitrogens with zero attached hydrogens (tertiary/aromatic N) is 2. The molecule has 5 nitrogen and oxygen atoms in total. The van der Waals surface area contributed by atoms with E-state index in [1.807, 2.05) is 44.2 Å². The summed E-state index contributed by atoms with van der Waals surface area (Å²) in [5.41, 5.74) is 4.39. The molecule has 0 saturated carbocycles. The van der Waals surface area contributed by atoms with Crippen LogP contribution >= 0.6 is 0 Å². The third-order valence-corrected chi connectivity index (χ3v) is 4.07. The van der Waals surface area contributed by atoms with E-state index in [0.717, 1.165) is 28.8 Å². The van der Waals surface area contributed by atoms with Crippen LogP contribution in [0.4, 0.5) is 23.0 Å². The van der Waals surface area contributed by atoms with Crippen LogP contribution in [-0.4, -0.2) is 16.6 Å². The Labute approximate surface area is 154 Å². The van der Waals surface area contributed by atoms with Crippen molar-refractivity contribution in [3.05, 3.63) is 65.5 Å². The van der Waals surface area contributed by atoms with Crippen molar-refractivity contribution in [1.82, 2.24) is 9.97 Å². The van der Waals surface area contributed by atoms with Crippen LogP contribution in [0, 0.1) is 20.8 Å². The van der Waals surface area contributed by atoms with Gasteiger partial charge in [0.1, 0.15) is 23.2 Å². The Morgan fingerprint density at radius 1 is 0.846 bits per heavy atom. The van der Waals surface area contributed by atoms with Gasteiger partial charge < -0.3 is 15.4 Å². The van der Waals surface area contributed by atoms with Gasteiger partial charge in [0.15, 0.2) is 0 Å². The quantitative estimate of drug-likeness (QED) is 0.634. The summed E-state index contributed by atoms with van der Waals surface area (Å²) >= 11 is 0. The zero-order valence-electron chi connectivity index (χ0n) is 15.6. The molecule has 134 valence electrons. The second-order valence-corrected chi connectivity index (χ2v) is 6.16. The lowest BCUT2D eigenvalue weighted by Crippen LogP contribution is -2.03. The van der Waals surface area contributed by atoms with E-state index in [0.29, 0.717) is 12.4 Å². The van der Waals surface area contributed by atoms with Crippen molar-refractivity contribution < 1.29 is 4.74 Å². The van der Waals surface area contributed by atoms with E-state index in [-0.39, 0.29) is 0 Å². The molecule has 0 aliphatic carbocycles. The van der Waals surface area contributed by atoms with Crippen molar-refractivity contribution >= 4 is 23.0 Å². The average Bonchev–Trinajstić information content (AvgIpc) is 2.60. The molecule has 0 amide bonds. The molecule has 26 heavy (non-hydrogen) atoms. The van der Waals surface area contributed by atoms with E-state index in [4.69, 9.17) is 4.74 Å². The van der Waals surface area contributed by atoms with Crippen LogP contribution in [0.3, 0.4) is 0 Å². The summed E-state index contributed by atoms with van der Waals surface area (Å²) in [6.45, 7) is 8.67. The Bertz CT molecular complexity index is 908. The third-order valence-electron chi connectivity index (χ3n) is 4.07. The molecule has 0 bridgehead atoms. The van der Waals surface area contributed by atoms with Crippen LogP contribution in [0.25, 0.3) is 0 Å². The number of nitrogens with one attached hydrogen (secondary N) is 2. The highest BCUT2D eigenvalue weighted by Crippen LogP contribution is 2.28. The van der Waals surface area contributed by atoms with Crippen LogP contribution in [0.2, 0.25) is 0 Å². The van der Waals surface area contributed by atoms with E-state index < -0.39 is 0 Å². The molecule has 0 aliphatic rings. The minimum absolute atomic E-state index is 0.612. The van der Waals surface area contributed by atoms with Gasteiger partial charge in [-0.2, -0.15) is 0 Å². The smallest absolute Gasteiger partial charge is 0.142 e. The molecule has 1 aromatic heterocycles. The first-order valence-corrected chi connectivity index (χ1v) is 8.74. The van der Waals surface area contributed by atoms with Crippen molar-refractivity contribution in [2.24, 2.45) is 0 Å². The Morgan fingerprint density at radius 2 is 1.58 bits per heavy atom. The molecule has 3 rings (SSSR count). The van der Waals surface area contributed by atoms with Gasteiger partial charge in [-0.25, -0.2) is 9.97 Å². The Hall–Kier alpha value is -3.08. The second-order valence-electron chi connectivity index (χ2n) is 6.16. The van der Waals surface area contributed by atoms with Gasteiger partial charge in [-0.05, 0) is 63.1 Å². The minimum atomic E-state index is 0.612. The van der Waals surface area contributed by atoms with E-state index in [2.05, 4.69) is 52.6 Å². The average molecular weight is 348 g/mol. The predicted molar refractivity (Wildman–Crippen MR) is 107 cm³/mol. The van der Waals surface area contributed by atoms with Gasteiger partial charge in [-0.1, -0.05) is 18.2 Å². The second kappa shape index (κ2) is 7.87. The molecule has 0 atom stereocenters. The van der Waals surface area contributed by atoms with Gasteiger partial charge in [-0.15, -0.1) is 0 Å². The van der Waals surface area contributed by atoms with Crippen molar-refractivity contribution in [1.29, 1.82) is 0 Å². The molecule has 3 aromatic rings. The van der Waals surface area contributed by atoms with Crippen molar-refractivity contribution in [2.75, 3.05) is 17.2 Å². The predicted octanol–water partition coefficient (Wildman–Crippen LogP) is 5.29. The number of hydrogen-bond acceptors (Lipinski definition) is 5. The van der Waals surface area contributed by atoms with Gasteiger partial charge in [0.25, 0.3) is 0 Å². The molecular weight excluding hydrogens is 324 g/mol. The molecule has 0 radical (unpaired) electrons. The Kier molecular flexibility index (Phi) is 5.37. The maximum Gasteiger partial charge on any atom is 0.142 e. The fraction of sp³-hybridized carbons (Fsp3) is 0.238. The highest BCUT2D eigenvalue weighted by molar-refractivity contribution is 5.67. The molecule has 0 fully saturated rings. The Morgan fingerprint density at radius 3 is 2.31 bits per heavy atom. The van der Waals surface area contributed by atoms with E-state index in [1.165, 1.54) is 11.1 Å². The van der Waals surface area contributed by atoms with Crippen LogP contribution in [0.5, 0.6) is 5.75 Å². The number of ether oxygens (including phenoxy) is 1. The highest BCUT2D eigenvalue weighted by Gasteiger charge is 2.07. The zero-order chi connectivity index (χ0) is 18.5. The topological polar surface area (TPSA) is 59.1 Å². The largest absolute Gasteiger partial charge is 0.492 e. The number of aryl methyl sites for hydroxylation is 3. The molecular formula is C21H24N4O. The lowest BCUT2D eigenvalue weighted by Gasteiger charge is -2.13. The third kappa shape index (κ3) is 4.30.